The Morgan fingerprint density at radius 3 is 1.83 bits per heavy atom. The number of amides is 2. The number of rotatable bonds is 8. The Kier molecular flexibility index (Phi) is 9.97. The number of fused-ring (bicyclic) bond motifs is 3. The summed E-state index contributed by atoms with van der Waals surface area (Å²) < 4.78 is 71.5. The van der Waals surface area contributed by atoms with E-state index in [1.54, 1.807) is 53.4 Å². The maximum atomic E-state index is 13.7. The van der Waals surface area contributed by atoms with Gasteiger partial charge in [0, 0.05) is 31.8 Å². The Morgan fingerprint density at radius 2 is 1.38 bits per heavy atom. The normalized spacial score (nSPS) is 24.2. The van der Waals surface area contributed by atoms with E-state index >= 15 is 0 Å². The zero-order chi connectivity index (χ0) is 35.7. The van der Waals surface area contributed by atoms with Gasteiger partial charge in [0.15, 0.2) is 6.10 Å². The molecule has 0 saturated carbocycles. The number of carbonyl (C=O) groups is 3. The van der Waals surface area contributed by atoms with Gasteiger partial charge in [-0.1, -0.05) is 60.7 Å². The van der Waals surface area contributed by atoms with Crippen molar-refractivity contribution in [3.63, 3.8) is 0 Å². The number of nitrogens with zero attached hydrogens (tertiary/aromatic N) is 2. The standard InChI is InChI=1S/C32H41N3O6.F6P/c1-31(2,3)41-30(38)34-20-24(21-34)28(36)33-16-19-35-17-14-23(15-18-35)27(22-35)40-29(37)32(39,25-10-6-4-7-11-25)26-12-8-5-9-13-26;1-7(2,3,4,5)6/h4-13,23-24,27,39H,14-22H2,1-3H3;/q;-1/p+1/t23?,27-,35?;/m0./s1. The third kappa shape index (κ3) is 10.5. The van der Waals surface area contributed by atoms with Crippen molar-refractivity contribution in [2.45, 2.75) is 50.9 Å². The molecule has 0 radical (unpaired) electrons. The molecule has 4 heterocycles. The van der Waals surface area contributed by atoms with E-state index < -0.39 is 25.0 Å². The molecule has 2 N–H and O–H groups in total. The van der Waals surface area contributed by atoms with Crippen LogP contribution in [-0.2, 0) is 24.7 Å². The number of carbonyl (C=O) groups excluding carboxylic acids is 3. The molecule has 4 saturated heterocycles. The Bertz CT molecular complexity index is 1410. The molecule has 0 aliphatic carbocycles. The summed E-state index contributed by atoms with van der Waals surface area (Å²) in [6.45, 7) is 10.1. The Hall–Kier alpha value is -3.42. The fourth-order valence-electron chi connectivity index (χ4n) is 6.33. The number of hydrogen-bond acceptors (Lipinski definition) is 6. The van der Waals surface area contributed by atoms with E-state index in [1.165, 1.54) is 0 Å². The molecule has 0 aromatic heterocycles. The van der Waals surface area contributed by atoms with Gasteiger partial charge < -0.3 is 29.3 Å². The fourth-order valence-corrected chi connectivity index (χ4v) is 6.33. The Labute approximate surface area is 275 Å². The van der Waals surface area contributed by atoms with E-state index in [4.69, 9.17) is 9.47 Å². The fraction of sp³-hybridized carbons (Fsp3) is 0.531. The summed E-state index contributed by atoms with van der Waals surface area (Å²) in [6, 6.07) is 17.9. The van der Waals surface area contributed by atoms with Gasteiger partial charge in [0.25, 0.3) is 0 Å². The van der Waals surface area contributed by atoms with E-state index in [9.17, 15) is 44.7 Å². The zero-order valence-electron chi connectivity index (χ0n) is 27.0. The van der Waals surface area contributed by atoms with Gasteiger partial charge in [0.2, 0.25) is 11.5 Å². The van der Waals surface area contributed by atoms with Gasteiger partial charge in [0.1, 0.15) is 12.1 Å². The molecular weight excluding hydrogens is 667 g/mol. The molecule has 2 bridgehead atoms. The number of nitrogens with one attached hydrogen (secondary N) is 1. The van der Waals surface area contributed by atoms with Gasteiger partial charge in [-0.25, -0.2) is 9.59 Å². The molecule has 48 heavy (non-hydrogen) atoms. The second kappa shape index (κ2) is 12.8. The predicted molar refractivity (Wildman–Crippen MR) is 166 cm³/mol. The number of hydrogen-bond donors (Lipinski definition) is 2. The molecule has 6 rings (SSSR count). The van der Waals surface area contributed by atoms with Crippen molar-refractivity contribution in [1.29, 1.82) is 0 Å². The SMILES string of the molecule is CC(C)(C)OC(=O)N1CC(C(=O)NCC[N+]23CCC(CC2)[C@@H](OC(=O)C(O)(c2ccccc2)c2ccccc2)C3)C1.F[P-](F)(F)(F)(F)F. The van der Waals surface area contributed by atoms with E-state index in [0.717, 1.165) is 37.0 Å². The van der Waals surface area contributed by atoms with E-state index in [-0.39, 0.29) is 29.9 Å². The molecule has 2 aromatic rings. The molecule has 4 aliphatic rings. The minimum atomic E-state index is -10.7. The summed E-state index contributed by atoms with van der Waals surface area (Å²) in [4.78, 5) is 40.1. The van der Waals surface area contributed by atoms with E-state index in [0.29, 0.717) is 37.3 Å². The number of likely N-dealkylation sites (tertiary alicyclic amines) is 1. The first-order chi connectivity index (χ1) is 21.9. The predicted octanol–water partition coefficient (Wildman–Crippen LogP) is 6.44. The maximum absolute atomic E-state index is 13.7. The van der Waals surface area contributed by atoms with Crippen molar-refractivity contribution >= 4 is 25.8 Å². The third-order valence-electron chi connectivity index (χ3n) is 8.77. The van der Waals surface area contributed by atoms with Gasteiger partial charge in [-0.2, -0.15) is 0 Å². The molecule has 1 atom stereocenters. The van der Waals surface area contributed by atoms with Gasteiger partial charge in [0.05, 0.1) is 32.1 Å². The number of ether oxygens (including phenoxy) is 2. The minimum absolute atomic E-state index is 0.0475. The van der Waals surface area contributed by atoms with Gasteiger partial charge in [-0.15, -0.1) is 0 Å². The quantitative estimate of drug-likeness (QED) is 0.142. The van der Waals surface area contributed by atoms with Crippen LogP contribution in [0.25, 0.3) is 0 Å². The molecule has 0 spiro atoms. The van der Waals surface area contributed by atoms with Gasteiger partial charge >= 0.3 is 45.1 Å². The first-order valence-electron chi connectivity index (χ1n) is 15.7. The van der Waals surface area contributed by atoms with Crippen LogP contribution in [0.2, 0.25) is 0 Å². The summed E-state index contributed by atoms with van der Waals surface area (Å²) in [6.07, 6.45) is 1.19. The van der Waals surface area contributed by atoms with Crippen LogP contribution >= 0.6 is 7.81 Å². The Balaban J connectivity index is 0.000000671. The van der Waals surface area contributed by atoms with Gasteiger partial charge in [-0.05, 0) is 31.9 Å². The molecule has 16 heteroatoms. The summed E-state index contributed by atoms with van der Waals surface area (Å²) in [5, 5.41) is 14.9. The first-order valence-corrected chi connectivity index (χ1v) is 17.7. The molecular formula is C32H42F6N3O6P. The van der Waals surface area contributed by atoms with Crippen LogP contribution in [0.4, 0.5) is 30.0 Å². The molecule has 268 valence electrons. The molecule has 0 unspecified atom stereocenters. The summed E-state index contributed by atoms with van der Waals surface area (Å²) in [5.74, 6) is -0.664. The molecule has 4 aliphatic heterocycles. The van der Waals surface area contributed by atoms with E-state index in [2.05, 4.69) is 5.32 Å². The zero-order valence-corrected chi connectivity index (χ0v) is 27.9. The van der Waals surface area contributed by atoms with Crippen LogP contribution in [0.1, 0.15) is 44.7 Å². The summed E-state index contributed by atoms with van der Waals surface area (Å²) >= 11 is 0. The van der Waals surface area contributed by atoms with Crippen LogP contribution < -0.4 is 5.32 Å². The molecule has 2 amide bonds. The average Bonchev–Trinajstić information content (AvgIpc) is 2.95. The molecule has 2 aromatic carbocycles. The number of piperidine rings is 3. The number of esters is 1. The van der Waals surface area contributed by atoms with Crippen molar-refractivity contribution in [2.24, 2.45) is 11.8 Å². The van der Waals surface area contributed by atoms with Crippen LogP contribution in [0.5, 0.6) is 0 Å². The number of halogens is 6. The number of aliphatic hydroxyl groups is 1. The second-order valence-electron chi connectivity index (χ2n) is 13.8. The molecule has 9 nitrogen and oxygen atoms in total. The summed E-state index contributed by atoms with van der Waals surface area (Å²) in [5.41, 5.74) is -1.51. The van der Waals surface area contributed by atoms with E-state index in [1.807, 2.05) is 32.9 Å². The van der Waals surface area contributed by atoms with Crippen LogP contribution in [0, 0.1) is 11.8 Å². The van der Waals surface area contributed by atoms with Crippen LogP contribution in [-0.4, -0.2) is 90.0 Å². The Morgan fingerprint density at radius 1 is 0.896 bits per heavy atom. The monoisotopic (exact) mass is 709 g/mol. The van der Waals surface area contributed by atoms with Crippen LogP contribution in [0.15, 0.2) is 60.7 Å². The van der Waals surface area contributed by atoms with Crippen LogP contribution in [0.3, 0.4) is 0 Å². The topological polar surface area (TPSA) is 105 Å². The van der Waals surface area contributed by atoms with Crippen molar-refractivity contribution in [3.05, 3.63) is 71.8 Å². The summed E-state index contributed by atoms with van der Waals surface area (Å²) in [7, 11) is -10.7. The van der Waals surface area contributed by atoms with Gasteiger partial charge in [-0.3, -0.25) is 4.79 Å². The second-order valence-corrected chi connectivity index (χ2v) is 15.7. The van der Waals surface area contributed by atoms with Crippen molar-refractivity contribution in [1.82, 2.24) is 10.2 Å². The third-order valence-corrected chi connectivity index (χ3v) is 8.77. The van der Waals surface area contributed by atoms with Crippen molar-refractivity contribution < 1.29 is 58.6 Å². The number of benzene rings is 2. The van der Waals surface area contributed by atoms with Crippen molar-refractivity contribution in [2.75, 3.05) is 45.8 Å². The first kappa shape index (κ1) is 37.4. The average molecular weight is 710 g/mol. The molecule has 4 fully saturated rings. The number of quaternary nitrogens is 1. The van der Waals surface area contributed by atoms with Crippen molar-refractivity contribution in [3.8, 4) is 0 Å².